The smallest absolute Gasteiger partial charge is 0.146 e. The highest BCUT2D eigenvalue weighted by Crippen LogP contribution is 2.36. The summed E-state index contributed by atoms with van der Waals surface area (Å²) >= 11 is 21.1. The minimum atomic E-state index is -0.434. The summed E-state index contributed by atoms with van der Waals surface area (Å²) in [4.78, 5) is 0. The first-order chi connectivity index (χ1) is 9.00. The van der Waals surface area contributed by atoms with Gasteiger partial charge in [-0.25, -0.2) is 4.39 Å². The molecular formula is C13H8BrCl3FN. The lowest BCUT2D eigenvalue weighted by Crippen LogP contribution is -2.02. The Morgan fingerprint density at radius 3 is 2.53 bits per heavy atom. The van der Waals surface area contributed by atoms with Crippen LogP contribution in [0, 0.1) is 5.82 Å². The molecule has 0 aliphatic heterocycles. The van der Waals surface area contributed by atoms with E-state index in [0.717, 1.165) is 0 Å². The van der Waals surface area contributed by atoms with Crippen LogP contribution in [0.1, 0.15) is 5.56 Å². The highest BCUT2D eigenvalue weighted by Gasteiger charge is 2.10. The molecule has 1 nitrogen and oxygen atoms in total. The second-order valence-corrected chi connectivity index (χ2v) is 5.81. The first kappa shape index (κ1) is 14.9. The van der Waals surface area contributed by atoms with Crippen LogP contribution in [0.4, 0.5) is 10.1 Å². The van der Waals surface area contributed by atoms with Crippen molar-refractivity contribution in [3.05, 3.63) is 61.3 Å². The van der Waals surface area contributed by atoms with Crippen LogP contribution in [0.2, 0.25) is 15.1 Å². The van der Waals surface area contributed by atoms with Gasteiger partial charge in [0, 0.05) is 16.6 Å². The predicted molar refractivity (Wildman–Crippen MR) is 82.9 cm³/mol. The van der Waals surface area contributed by atoms with Crippen LogP contribution in [-0.2, 0) is 6.54 Å². The molecule has 1 N–H and O–H groups in total. The summed E-state index contributed by atoms with van der Waals surface area (Å²) in [5.74, 6) is -0.434. The topological polar surface area (TPSA) is 12.0 Å². The normalized spacial score (nSPS) is 10.6. The zero-order valence-corrected chi connectivity index (χ0v) is 13.3. The first-order valence-corrected chi connectivity index (χ1v) is 7.23. The van der Waals surface area contributed by atoms with Gasteiger partial charge in [-0.05, 0) is 34.1 Å². The van der Waals surface area contributed by atoms with Gasteiger partial charge in [0.15, 0.2) is 0 Å². The molecule has 0 atom stereocenters. The molecule has 0 aliphatic rings. The van der Waals surface area contributed by atoms with Crippen molar-refractivity contribution in [3.63, 3.8) is 0 Å². The Labute approximate surface area is 133 Å². The second-order valence-electron chi connectivity index (χ2n) is 3.79. The Bertz CT molecular complexity index is 619. The highest BCUT2D eigenvalue weighted by atomic mass is 79.9. The van der Waals surface area contributed by atoms with Gasteiger partial charge in [0.1, 0.15) is 5.82 Å². The van der Waals surface area contributed by atoms with Gasteiger partial charge in [0.25, 0.3) is 0 Å². The van der Waals surface area contributed by atoms with Gasteiger partial charge in [-0.2, -0.15) is 0 Å². The standard InChI is InChI=1S/C13H8BrCl3FN/c14-8-4-5-10(12(17)11(8)16)19-6-7-2-1-3-9(15)13(7)18/h1-5,19H,6H2. The molecule has 100 valence electrons. The fourth-order valence-electron chi connectivity index (χ4n) is 1.54. The molecule has 0 unspecified atom stereocenters. The van der Waals surface area contributed by atoms with E-state index in [9.17, 15) is 4.39 Å². The summed E-state index contributed by atoms with van der Waals surface area (Å²) in [6.07, 6.45) is 0. The molecule has 0 aliphatic carbocycles. The quantitative estimate of drug-likeness (QED) is 0.626. The number of halogens is 5. The zero-order valence-electron chi connectivity index (χ0n) is 9.48. The number of benzene rings is 2. The lowest BCUT2D eigenvalue weighted by Gasteiger charge is -2.11. The minimum Gasteiger partial charge on any atom is -0.380 e. The first-order valence-electron chi connectivity index (χ1n) is 5.31. The fourth-order valence-corrected chi connectivity index (χ4v) is 2.57. The molecule has 0 spiro atoms. The number of hydrogen-bond donors (Lipinski definition) is 1. The largest absolute Gasteiger partial charge is 0.380 e. The Hall–Kier alpha value is -0.480. The average Bonchev–Trinajstić information content (AvgIpc) is 2.40. The van der Waals surface area contributed by atoms with Crippen LogP contribution in [0.3, 0.4) is 0 Å². The van der Waals surface area contributed by atoms with Crippen molar-refractivity contribution in [2.24, 2.45) is 0 Å². The van der Waals surface area contributed by atoms with E-state index in [1.165, 1.54) is 6.07 Å². The maximum atomic E-state index is 13.7. The zero-order chi connectivity index (χ0) is 14.0. The number of rotatable bonds is 3. The van der Waals surface area contributed by atoms with E-state index >= 15 is 0 Å². The van der Waals surface area contributed by atoms with Crippen LogP contribution in [0.25, 0.3) is 0 Å². The molecule has 6 heteroatoms. The van der Waals surface area contributed by atoms with E-state index in [4.69, 9.17) is 34.8 Å². The molecule has 2 rings (SSSR count). The van der Waals surface area contributed by atoms with Crippen molar-refractivity contribution in [2.75, 3.05) is 5.32 Å². The van der Waals surface area contributed by atoms with Crippen molar-refractivity contribution >= 4 is 56.4 Å². The van der Waals surface area contributed by atoms with E-state index in [1.807, 2.05) is 0 Å². The number of hydrogen-bond acceptors (Lipinski definition) is 1. The number of anilines is 1. The summed E-state index contributed by atoms with van der Waals surface area (Å²) < 4.78 is 14.4. The van der Waals surface area contributed by atoms with Crippen molar-refractivity contribution < 1.29 is 4.39 Å². The van der Waals surface area contributed by atoms with Crippen LogP contribution < -0.4 is 5.32 Å². The molecule has 0 bridgehead atoms. The van der Waals surface area contributed by atoms with E-state index in [2.05, 4.69) is 21.2 Å². The van der Waals surface area contributed by atoms with Gasteiger partial charge in [0.05, 0.1) is 20.8 Å². The predicted octanol–water partition coefficient (Wildman–Crippen LogP) is 6.16. The third-order valence-electron chi connectivity index (χ3n) is 2.54. The highest BCUT2D eigenvalue weighted by molar-refractivity contribution is 9.10. The van der Waals surface area contributed by atoms with E-state index in [-0.39, 0.29) is 11.6 Å². The lowest BCUT2D eigenvalue weighted by molar-refractivity contribution is 0.613. The Kier molecular flexibility index (Phi) is 4.96. The third-order valence-corrected chi connectivity index (χ3v) is 4.60. The maximum Gasteiger partial charge on any atom is 0.146 e. The molecular weight excluding hydrogens is 375 g/mol. The average molecular weight is 383 g/mol. The van der Waals surface area contributed by atoms with Gasteiger partial charge in [0.2, 0.25) is 0 Å². The summed E-state index contributed by atoms with van der Waals surface area (Å²) in [5, 5.41) is 3.93. The molecule has 0 amide bonds. The van der Waals surface area contributed by atoms with Crippen LogP contribution in [-0.4, -0.2) is 0 Å². The van der Waals surface area contributed by atoms with E-state index in [1.54, 1.807) is 24.3 Å². The van der Waals surface area contributed by atoms with Crippen molar-refractivity contribution in [3.8, 4) is 0 Å². The van der Waals surface area contributed by atoms with Gasteiger partial charge >= 0.3 is 0 Å². The third kappa shape index (κ3) is 3.34. The Morgan fingerprint density at radius 2 is 1.79 bits per heavy atom. The van der Waals surface area contributed by atoms with Crippen molar-refractivity contribution in [2.45, 2.75) is 6.54 Å². The molecule has 0 saturated carbocycles. The second kappa shape index (κ2) is 6.31. The molecule has 0 fully saturated rings. The summed E-state index contributed by atoms with van der Waals surface area (Å²) in [7, 11) is 0. The fraction of sp³-hybridized carbons (Fsp3) is 0.0769. The Balaban J connectivity index is 2.20. The monoisotopic (exact) mass is 381 g/mol. The molecule has 19 heavy (non-hydrogen) atoms. The van der Waals surface area contributed by atoms with Crippen LogP contribution in [0.5, 0.6) is 0 Å². The maximum absolute atomic E-state index is 13.7. The molecule has 2 aromatic carbocycles. The Morgan fingerprint density at radius 1 is 1.05 bits per heavy atom. The lowest BCUT2D eigenvalue weighted by atomic mass is 10.2. The minimum absolute atomic E-state index is 0.0965. The molecule has 0 radical (unpaired) electrons. The van der Waals surface area contributed by atoms with Gasteiger partial charge in [-0.3, -0.25) is 0 Å². The SMILES string of the molecule is Fc1c(Cl)cccc1CNc1ccc(Br)c(Cl)c1Cl. The molecule has 0 heterocycles. The van der Waals surface area contributed by atoms with Crippen LogP contribution >= 0.6 is 50.7 Å². The van der Waals surface area contributed by atoms with Crippen molar-refractivity contribution in [1.82, 2.24) is 0 Å². The molecule has 0 saturated heterocycles. The van der Waals surface area contributed by atoms with Crippen molar-refractivity contribution in [1.29, 1.82) is 0 Å². The van der Waals surface area contributed by atoms with E-state index in [0.29, 0.717) is 25.8 Å². The van der Waals surface area contributed by atoms with Gasteiger partial charge in [-0.1, -0.05) is 46.9 Å². The van der Waals surface area contributed by atoms with E-state index < -0.39 is 5.82 Å². The van der Waals surface area contributed by atoms with Crippen LogP contribution in [0.15, 0.2) is 34.8 Å². The number of nitrogens with one attached hydrogen (secondary N) is 1. The van der Waals surface area contributed by atoms with Gasteiger partial charge < -0.3 is 5.32 Å². The van der Waals surface area contributed by atoms with Gasteiger partial charge in [-0.15, -0.1) is 0 Å². The summed E-state index contributed by atoms with van der Waals surface area (Å²) in [6, 6.07) is 8.39. The molecule has 0 aromatic heterocycles. The summed E-state index contributed by atoms with van der Waals surface area (Å²) in [6.45, 7) is 0.268. The molecule has 2 aromatic rings. The summed E-state index contributed by atoms with van der Waals surface area (Å²) in [5.41, 5.74) is 1.09.